The van der Waals surface area contributed by atoms with Gasteiger partial charge in [0, 0.05) is 25.2 Å². The quantitative estimate of drug-likeness (QED) is 0.866. The zero-order chi connectivity index (χ0) is 15.0. The number of aromatic nitrogens is 2. The molecule has 3 heterocycles. The molecule has 2 unspecified atom stereocenters. The van der Waals surface area contributed by atoms with Crippen LogP contribution in [-0.2, 0) is 0 Å². The van der Waals surface area contributed by atoms with Crippen LogP contribution in [0.25, 0.3) is 0 Å². The summed E-state index contributed by atoms with van der Waals surface area (Å²) in [5, 5.41) is 18.6. The molecule has 114 valence electrons. The van der Waals surface area contributed by atoms with Crippen molar-refractivity contribution < 1.29 is 5.02 Å². The third-order valence-corrected chi connectivity index (χ3v) is 5.17. The molecule has 0 saturated carbocycles. The molecule has 1 aromatic heterocycles. The Labute approximate surface area is 131 Å². The van der Waals surface area contributed by atoms with Gasteiger partial charge in [0.1, 0.15) is 0 Å². The third-order valence-electron chi connectivity index (χ3n) is 4.96. The van der Waals surface area contributed by atoms with Crippen LogP contribution in [0.15, 0.2) is 12.1 Å². The number of piperidine rings is 2. The van der Waals surface area contributed by atoms with Crippen LogP contribution in [0.5, 0.6) is 0 Å². The maximum Gasteiger partial charge on any atom is 0.376 e. The van der Waals surface area contributed by atoms with Gasteiger partial charge < -0.3 is 14.7 Å². The van der Waals surface area contributed by atoms with Gasteiger partial charge >= 0.3 is 7.05 Å². The molecule has 2 saturated heterocycles. The Balaban J connectivity index is 1.74. The van der Waals surface area contributed by atoms with E-state index in [2.05, 4.69) is 27.0 Å². The van der Waals surface area contributed by atoms with E-state index in [9.17, 15) is 5.02 Å². The van der Waals surface area contributed by atoms with Gasteiger partial charge in [-0.15, -0.1) is 10.2 Å². The molecule has 7 heteroatoms. The molecule has 2 fully saturated rings. The van der Waals surface area contributed by atoms with Gasteiger partial charge in [-0.25, -0.2) is 0 Å². The van der Waals surface area contributed by atoms with Crippen LogP contribution in [0.2, 0.25) is 12.0 Å². The molecular weight excluding hydrogens is 286 g/mol. The standard InChI is InChI=1S/C14H22BClN4O/c1-15(21)20-10-4-3-5-11(20)9-12(8-10)19(2)14-7-6-13(16)17-18-14/h6-7,10-12,21H,3-5,8-9H2,1-2H3. The lowest BCUT2D eigenvalue weighted by Crippen LogP contribution is -2.60. The van der Waals surface area contributed by atoms with Gasteiger partial charge in [0.2, 0.25) is 0 Å². The van der Waals surface area contributed by atoms with E-state index in [1.807, 2.05) is 12.9 Å². The highest BCUT2D eigenvalue weighted by Gasteiger charge is 2.42. The fourth-order valence-electron chi connectivity index (χ4n) is 4.00. The Morgan fingerprint density at radius 2 is 1.95 bits per heavy atom. The number of halogens is 1. The van der Waals surface area contributed by atoms with Gasteiger partial charge in [-0.1, -0.05) is 18.0 Å². The smallest absolute Gasteiger partial charge is 0.376 e. The van der Waals surface area contributed by atoms with Crippen molar-refractivity contribution in [2.24, 2.45) is 0 Å². The zero-order valence-corrected chi connectivity index (χ0v) is 13.4. The van der Waals surface area contributed by atoms with Crippen molar-refractivity contribution in [2.45, 2.75) is 57.1 Å². The second kappa shape index (κ2) is 6.11. The summed E-state index contributed by atoms with van der Waals surface area (Å²) in [5.74, 6) is 0.868. The minimum atomic E-state index is -0.345. The van der Waals surface area contributed by atoms with E-state index < -0.39 is 0 Å². The molecule has 0 aliphatic carbocycles. The second-order valence-corrected chi connectivity index (χ2v) is 6.66. The molecule has 2 aliphatic rings. The number of anilines is 1. The first kappa shape index (κ1) is 15.1. The summed E-state index contributed by atoms with van der Waals surface area (Å²) in [6, 6.07) is 5.11. The molecule has 0 amide bonds. The minimum Gasteiger partial charge on any atom is -0.437 e. The van der Waals surface area contributed by atoms with Crippen molar-refractivity contribution in [3.8, 4) is 0 Å². The number of hydrogen-bond donors (Lipinski definition) is 1. The molecule has 0 spiro atoms. The fourth-order valence-corrected chi connectivity index (χ4v) is 4.10. The highest BCUT2D eigenvalue weighted by molar-refractivity contribution is 6.45. The van der Waals surface area contributed by atoms with Gasteiger partial charge in [-0.2, -0.15) is 0 Å². The van der Waals surface area contributed by atoms with Crippen LogP contribution in [0.4, 0.5) is 5.82 Å². The maximum absolute atomic E-state index is 10.0. The predicted molar refractivity (Wildman–Crippen MR) is 85.6 cm³/mol. The normalized spacial score (nSPS) is 29.2. The molecule has 3 rings (SSSR count). The van der Waals surface area contributed by atoms with Gasteiger partial charge in [0.15, 0.2) is 11.0 Å². The van der Waals surface area contributed by atoms with E-state index in [1.165, 1.54) is 19.3 Å². The summed E-state index contributed by atoms with van der Waals surface area (Å²) in [6.45, 7) is 1.89. The summed E-state index contributed by atoms with van der Waals surface area (Å²) in [6.07, 6.45) is 5.77. The zero-order valence-electron chi connectivity index (χ0n) is 12.6. The molecule has 0 aromatic carbocycles. The minimum absolute atomic E-state index is 0.345. The van der Waals surface area contributed by atoms with Crippen LogP contribution in [-0.4, -0.2) is 52.3 Å². The predicted octanol–water partition coefficient (Wildman–Crippen LogP) is 2.06. The van der Waals surface area contributed by atoms with Crippen LogP contribution >= 0.6 is 11.6 Å². The molecule has 21 heavy (non-hydrogen) atoms. The molecular formula is C14H22BClN4O. The van der Waals surface area contributed by atoms with E-state index in [1.54, 1.807) is 6.07 Å². The number of nitrogens with zero attached hydrogens (tertiary/aromatic N) is 4. The number of fused-ring (bicyclic) bond motifs is 2. The van der Waals surface area contributed by atoms with Crippen molar-refractivity contribution >= 4 is 24.5 Å². The molecule has 2 aliphatic heterocycles. The first-order valence-electron chi connectivity index (χ1n) is 7.74. The van der Waals surface area contributed by atoms with Crippen molar-refractivity contribution in [2.75, 3.05) is 11.9 Å². The summed E-state index contributed by atoms with van der Waals surface area (Å²) in [5.41, 5.74) is 0. The Hall–Kier alpha value is -0.845. The molecule has 2 bridgehead atoms. The lowest BCUT2D eigenvalue weighted by Gasteiger charge is -2.51. The van der Waals surface area contributed by atoms with Crippen molar-refractivity contribution in [1.82, 2.24) is 15.0 Å². The average Bonchev–Trinajstić information content (AvgIpc) is 2.45. The summed E-state index contributed by atoms with van der Waals surface area (Å²) in [4.78, 5) is 4.52. The highest BCUT2D eigenvalue weighted by Crippen LogP contribution is 2.36. The fraction of sp³-hybridized carbons (Fsp3) is 0.714. The lowest BCUT2D eigenvalue weighted by molar-refractivity contribution is 0.0907. The van der Waals surface area contributed by atoms with Gasteiger partial charge in [-0.3, -0.25) is 0 Å². The first-order chi connectivity index (χ1) is 10.1. The largest absolute Gasteiger partial charge is 0.437 e. The second-order valence-electron chi connectivity index (χ2n) is 6.27. The van der Waals surface area contributed by atoms with Crippen LogP contribution in [0.1, 0.15) is 32.1 Å². The summed E-state index contributed by atoms with van der Waals surface area (Å²) < 4.78 is 0. The van der Waals surface area contributed by atoms with Crippen LogP contribution < -0.4 is 4.90 Å². The SMILES string of the molecule is CB(O)N1C2CCCC1CC(N(C)c1ccc(Cl)nn1)C2. The van der Waals surface area contributed by atoms with Crippen LogP contribution in [0.3, 0.4) is 0 Å². The van der Waals surface area contributed by atoms with E-state index in [0.29, 0.717) is 23.3 Å². The lowest BCUT2D eigenvalue weighted by atomic mass is 9.71. The third kappa shape index (κ3) is 3.03. The van der Waals surface area contributed by atoms with Crippen LogP contribution in [0, 0.1) is 0 Å². The van der Waals surface area contributed by atoms with Crippen molar-refractivity contribution in [3.63, 3.8) is 0 Å². The van der Waals surface area contributed by atoms with Crippen molar-refractivity contribution in [3.05, 3.63) is 17.3 Å². The van der Waals surface area contributed by atoms with E-state index in [4.69, 9.17) is 11.6 Å². The Bertz CT molecular complexity index is 472. The molecule has 5 nitrogen and oxygen atoms in total. The topological polar surface area (TPSA) is 52.5 Å². The molecule has 0 radical (unpaired) electrons. The first-order valence-corrected chi connectivity index (χ1v) is 8.11. The van der Waals surface area contributed by atoms with Gasteiger partial charge in [-0.05, 0) is 44.6 Å². The van der Waals surface area contributed by atoms with Gasteiger partial charge in [0.25, 0.3) is 0 Å². The summed E-state index contributed by atoms with van der Waals surface area (Å²) in [7, 11) is 1.73. The Kier molecular flexibility index (Phi) is 4.38. The highest BCUT2D eigenvalue weighted by atomic mass is 35.5. The molecule has 2 atom stereocenters. The Morgan fingerprint density at radius 3 is 2.48 bits per heavy atom. The van der Waals surface area contributed by atoms with E-state index >= 15 is 0 Å². The monoisotopic (exact) mass is 308 g/mol. The van der Waals surface area contributed by atoms with Crippen molar-refractivity contribution in [1.29, 1.82) is 0 Å². The molecule has 1 aromatic rings. The molecule has 1 N–H and O–H groups in total. The van der Waals surface area contributed by atoms with E-state index in [-0.39, 0.29) is 7.05 Å². The Morgan fingerprint density at radius 1 is 1.29 bits per heavy atom. The number of rotatable bonds is 3. The van der Waals surface area contributed by atoms with Gasteiger partial charge in [0.05, 0.1) is 0 Å². The summed E-state index contributed by atoms with van der Waals surface area (Å²) >= 11 is 5.81. The van der Waals surface area contributed by atoms with E-state index in [0.717, 1.165) is 18.7 Å². The average molecular weight is 309 g/mol. The number of hydrogen-bond acceptors (Lipinski definition) is 5. The maximum atomic E-state index is 10.0.